The number of amides is 3. The number of benzene rings is 1. The van der Waals surface area contributed by atoms with E-state index in [1.54, 1.807) is 0 Å². The highest BCUT2D eigenvalue weighted by molar-refractivity contribution is 6.02. The molecule has 0 heterocycles. The number of nitrogens with one attached hydrogen (secondary N) is 2. The second-order valence-electron chi connectivity index (χ2n) is 3.65. The third-order valence-electron chi connectivity index (χ3n) is 2.16. The lowest BCUT2D eigenvalue weighted by Crippen LogP contribution is -2.39. The molecular weight excluding hydrogens is 248 g/mol. The zero-order valence-electron chi connectivity index (χ0n) is 10.1. The van der Waals surface area contributed by atoms with Gasteiger partial charge in [-0.05, 0) is 12.0 Å². The lowest BCUT2D eigenvalue weighted by molar-refractivity contribution is -0.131. The van der Waals surface area contributed by atoms with Crippen molar-refractivity contribution >= 4 is 17.9 Å². The Morgan fingerprint density at radius 3 is 2.42 bits per heavy atom. The van der Waals surface area contributed by atoms with Crippen LogP contribution in [0.15, 0.2) is 42.5 Å². The van der Waals surface area contributed by atoms with Crippen LogP contribution in [0.3, 0.4) is 0 Å². The molecule has 0 fully saturated rings. The van der Waals surface area contributed by atoms with Crippen LogP contribution in [0.1, 0.15) is 5.56 Å². The largest absolute Gasteiger partial charge is 0.478 e. The Kier molecular flexibility index (Phi) is 5.81. The van der Waals surface area contributed by atoms with E-state index in [9.17, 15) is 14.4 Å². The fourth-order valence-corrected chi connectivity index (χ4v) is 1.31. The van der Waals surface area contributed by atoms with E-state index in [4.69, 9.17) is 5.11 Å². The third kappa shape index (κ3) is 6.62. The van der Waals surface area contributed by atoms with E-state index in [-0.39, 0.29) is 0 Å². The molecule has 19 heavy (non-hydrogen) atoms. The first-order valence-electron chi connectivity index (χ1n) is 5.61. The first kappa shape index (κ1) is 14.4. The molecule has 0 aliphatic heterocycles. The van der Waals surface area contributed by atoms with E-state index in [0.29, 0.717) is 19.0 Å². The van der Waals surface area contributed by atoms with Gasteiger partial charge < -0.3 is 10.4 Å². The highest BCUT2D eigenvalue weighted by atomic mass is 16.4. The van der Waals surface area contributed by atoms with Crippen molar-refractivity contribution in [2.24, 2.45) is 0 Å². The SMILES string of the molecule is O=C(O)/C=C/C(=O)NC(=O)NCCc1ccccc1. The van der Waals surface area contributed by atoms with Gasteiger partial charge in [-0.3, -0.25) is 10.1 Å². The lowest BCUT2D eigenvalue weighted by Gasteiger charge is -2.05. The molecule has 0 aliphatic carbocycles. The van der Waals surface area contributed by atoms with Gasteiger partial charge in [0, 0.05) is 18.7 Å². The summed E-state index contributed by atoms with van der Waals surface area (Å²) in [5, 5.41) is 12.8. The Hall–Kier alpha value is -2.63. The lowest BCUT2D eigenvalue weighted by atomic mass is 10.1. The molecule has 3 N–H and O–H groups in total. The summed E-state index contributed by atoms with van der Waals surface area (Å²) in [7, 11) is 0. The van der Waals surface area contributed by atoms with Crippen LogP contribution in [0, 0.1) is 0 Å². The summed E-state index contributed by atoms with van der Waals surface area (Å²) in [5.41, 5.74) is 1.07. The van der Waals surface area contributed by atoms with Crippen molar-refractivity contribution in [1.29, 1.82) is 0 Å². The van der Waals surface area contributed by atoms with E-state index in [1.165, 1.54) is 0 Å². The van der Waals surface area contributed by atoms with Crippen LogP contribution in [0.2, 0.25) is 0 Å². The molecule has 1 aromatic carbocycles. The second kappa shape index (κ2) is 7.65. The molecule has 0 aliphatic rings. The van der Waals surface area contributed by atoms with Crippen molar-refractivity contribution in [3.63, 3.8) is 0 Å². The van der Waals surface area contributed by atoms with Crippen molar-refractivity contribution in [2.45, 2.75) is 6.42 Å². The summed E-state index contributed by atoms with van der Waals surface area (Å²) in [6, 6.07) is 8.90. The minimum absolute atomic E-state index is 0.381. The van der Waals surface area contributed by atoms with Gasteiger partial charge in [-0.25, -0.2) is 9.59 Å². The van der Waals surface area contributed by atoms with Crippen molar-refractivity contribution in [1.82, 2.24) is 10.6 Å². The molecule has 3 amide bonds. The number of carboxylic acids is 1. The highest BCUT2D eigenvalue weighted by Gasteiger charge is 2.04. The molecule has 100 valence electrons. The van der Waals surface area contributed by atoms with E-state index >= 15 is 0 Å². The predicted molar refractivity (Wildman–Crippen MR) is 68.5 cm³/mol. The number of carbonyl (C=O) groups excluding carboxylic acids is 2. The van der Waals surface area contributed by atoms with Gasteiger partial charge in [0.25, 0.3) is 5.91 Å². The van der Waals surface area contributed by atoms with E-state index in [2.05, 4.69) is 5.32 Å². The van der Waals surface area contributed by atoms with E-state index in [1.807, 2.05) is 35.6 Å². The molecule has 0 unspecified atom stereocenters. The van der Waals surface area contributed by atoms with Gasteiger partial charge in [-0.15, -0.1) is 0 Å². The van der Waals surface area contributed by atoms with E-state index in [0.717, 1.165) is 11.6 Å². The van der Waals surface area contributed by atoms with Gasteiger partial charge in [-0.2, -0.15) is 0 Å². The molecule has 1 rings (SSSR count). The molecule has 0 aromatic heterocycles. The third-order valence-corrected chi connectivity index (χ3v) is 2.16. The molecule has 0 saturated heterocycles. The first-order valence-corrected chi connectivity index (χ1v) is 5.61. The summed E-state index contributed by atoms with van der Waals surface area (Å²) in [5.74, 6) is -2.03. The van der Waals surface area contributed by atoms with Gasteiger partial charge in [0.2, 0.25) is 0 Å². The Bertz CT molecular complexity index is 483. The number of imide groups is 1. The van der Waals surface area contributed by atoms with Crippen molar-refractivity contribution in [3.05, 3.63) is 48.0 Å². The van der Waals surface area contributed by atoms with Crippen LogP contribution in [0.4, 0.5) is 4.79 Å². The molecular formula is C13H14N2O4. The van der Waals surface area contributed by atoms with E-state index < -0.39 is 17.9 Å². The minimum atomic E-state index is -1.25. The second-order valence-corrected chi connectivity index (χ2v) is 3.65. The van der Waals surface area contributed by atoms with Crippen LogP contribution in [0.5, 0.6) is 0 Å². The number of urea groups is 1. The van der Waals surface area contributed by atoms with Crippen molar-refractivity contribution < 1.29 is 19.5 Å². The van der Waals surface area contributed by atoms with Gasteiger partial charge in [0.15, 0.2) is 0 Å². The Morgan fingerprint density at radius 2 is 1.79 bits per heavy atom. The maximum Gasteiger partial charge on any atom is 0.328 e. The molecule has 0 atom stereocenters. The predicted octanol–water partition coefficient (Wildman–Crippen LogP) is 0.696. The highest BCUT2D eigenvalue weighted by Crippen LogP contribution is 1.97. The van der Waals surface area contributed by atoms with Crippen LogP contribution >= 0.6 is 0 Å². The molecule has 6 heteroatoms. The van der Waals surface area contributed by atoms with Gasteiger partial charge in [0.1, 0.15) is 0 Å². The van der Waals surface area contributed by atoms with Crippen LogP contribution in [0.25, 0.3) is 0 Å². The molecule has 6 nitrogen and oxygen atoms in total. The number of carbonyl (C=O) groups is 3. The van der Waals surface area contributed by atoms with Gasteiger partial charge >= 0.3 is 12.0 Å². The molecule has 1 aromatic rings. The topological polar surface area (TPSA) is 95.5 Å². The van der Waals surface area contributed by atoms with Crippen molar-refractivity contribution in [3.8, 4) is 0 Å². The molecule has 0 saturated carbocycles. The first-order chi connectivity index (χ1) is 9.08. The number of hydrogen-bond acceptors (Lipinski definition) is 3. The smallest absolute Gasteiger partial charge is 0.328 e. The molecule has 0 bridgehead atoms. The Morgan fingerprint density at radius 1 is 1.11 bits per heavy atom. The Labute approximate surface area is 110 Å². The number of rotatable bonds is 5. The summed E-state index contributed by atoms with van der Waals surface area (Å²) in [6.07, 6.45) is 2.08. The fourth-order valence-electron chi connectivity index (χ4n) is 1.31. The summed E-state index contributed by atoms with van der Waals surface area (Å²) < 4.78 is 0. The molecule has 0 spiro atoms. The van der Waals surface area contributed by atoms with Crippen LogP contribution in [-0.2, 0) is 16.0 Å². The average molecular weight is 262 g/mol. The minimum Gasteiger partial charge on any atom is -0.478 e. The summed E-state index contributed by atoms with van der Waals surface area (Å²) in [4.78, 5) is 32.5. The fraction of sp³-hybridized carbons (Fsp3) is 0.154. The normalized spacial score (nSPS) is 10.1. The zero-order chi connectivity index (χ0) is 14.1. The maximum absolute atomic E-state index is 11.3. The Balaban J connectivity index is 2.25. The molecule has 0 radical (unpaired) electrons. The number of aliphatic carboxylic acids is 1. The van der Waals surface area contributed by atoms with Gasteiger partial charge in [-0.1, -0.05) is 30.3 Å². The van der Waals surface area contributed by atoms with Gasteiger partial charge in [0.05, 0.1) is 0 Å². The summed E-state index contributed by atoms with van der Waals surface area (Å²) >= 11 is 0. The number of hydrogen-bond donors (Lipinski definition) is 3. The van der Waals surface area contributed by atoms with Crippen molar-refractivity contribution in [2.75, 3.05) is 6.54 Å². The average Bonchev–Trinajstić information content (AvgIpc) is 2.37. The number of carboxylic acid groups (broad SMARTS) is 1. The summed E-state index contributed by atoms with van der Waals surface area (Å²) in [6.45, 7) is 0.381. The quantitative estimate of drug-likeness (QED) is 0.680. The standard InChI is InChI=1S/C13H14N2O4/c16-11(6-7-12(17)18)15-13(19)14-9-8-10-4-2-1-3-5-10/h1-7H,8-9H2,(H,17,18)(H2,14,15,16,19)/b7-6+. The van der Waals surface area contributed by atoms with Crippen LogP contribution < -0.4 is 10.6 Å². The monoisotopic (exact) mass is 262 g/mol. The maximum atomic E-state index is 11.3. The van der Waals surface area contributed by atoms with Crippen LogP contribution in [-0.4, -0.2) is 29.6 Å². The zero-order valence-corrected chi connectivity index (χ0v) is 10.1.